The molecule has 2 nitrogen and oxygen atoms in total. The molecule has 1 aliphatic rings. The Morgan fingerprint density at radius 1 is 1.38 bits per heavy atom. The zero-order chi connectivity index (χ0) is 11.6. The Kier molecular flexibility index (Phi) is 3.20. The van der Waals surface area contributed by atoms with Crippen molar-refractivity contribution in [2.24, 2.45) is 0 Å². The molecular formula is C14H22N2. The van der Waals surface area contributed by atoms with Crippen molar-refractivity contribution in [3.05, 3.63) is 29.8 Å². The minimum atomic E-state index is 0.266. The van der Waals surface area contributed by atoms with Crippen LogP contribution in [-0.2, 0) is 0 Å². The van der Waals surface area contributed by atoms with Crippen LogP contribution in [0.15, 0.2) is 24.3 Å². The molecule has 0 amide bonds. The molecule has 0 saturated carbocycles. The lowest BCUT2D eigenvalue weighted by molar-refractivity contribution is 0.316. The average Bonchev–Trinajstić information content (AvgIpc) is 2.29. The highest BCUT2D eigenvalue weighted by atomic mass is 15.2. The predicted octanol–water partition coefficient (Wildman–Crippen LogP) is 2.57. The molecule has 0 bridgehead atoms. The standard InChI is InChI=1S/C14H22N2/c1-12-6-4-7-13(10-12)16-9-5-8-14(2,11-16)15-3/h4,6-7,10,15H,5,8-9,11H2,1-3H3. The van der Waals surface area contributed by atoms with Gasteiger partial charge in [0.15, 0.2) is 0 Å². The molecule has 1 aromatic rings. The van der Waals surface area contributed by atoms with E-state index in [-0.39, 0.29) is 5.54 Å². The van der Waals surface area contributed by atoms with Crippen molar-refractivity contribution in [3.63, 3.8) is 0 Å². The van der Waals surface area contributed by atoms with Crippen LogP contribution in [0.2, 0.25) is 0 Å². The number of rotatable bonds is 2. The second-order valence-corrected chi connectivity index (χ2v) is 5.17. The van der Waals surface area contributed by atoms with Crippen LogP contribution in [0.4, 0.5) is 5.69 Å². The van der Waals surface area contributed by atoms with Gasteiger partial charge in [-0.2, -0.15) is 0 Å². The van der Waals surface area contributed by atoms with Gasteiger partial charge in [-0.3, -0.25) is 0 Å². The first kappa shape index (κ1) is 11.5. The summed E-state index contributed by atoms with van der Waals surface area (Å²) in [4.78, 5) is 2.49. The lowest BCUT2D eigenvalue weighted by Gasteiger charge is -2.41. The number of nitrogens with zero attached hydrogens (tertiary/aromatic N) is 1. The van der Waals surface area contributed by atoms with Gasteiger partial charge >= 0.3 is 0 Å². The SMILES string of the molecule is CNC1(C)CCCN(c2cccc(C)c2)C1. The van der Waals surface area contributed by atoms with Crippen LogP contribution in [0.1, 0.15) is 25.3 Å². The van der Waals surface area contributed by atoms with Crippen LogP contribution in [0.25, 0.3) is 0 Å². The molecule has 1 unspecified atom stereocenters. The summed E-state index contributed by atoms with van der Waals surface area (Å²) >= 11 is 0. The normalized spacial score (nSPS) is 25.8. The third-order valence-corrected chi connectivity index (χ3v) is 3.67. The molecule has 1 atom stereocenters. The number of hydrogen-bond acceptors (Lipinski definition) is 2. The number of anilines is 1. The molecule has 0 spiro atoms. The Hall–Kier alpha value is -1.02. The fourth-order valence-electron chi connectivity index (χ4n) is 2.49. The molecule has 1 fully saturated rings. The molecule has 0 aliphatic carbocycles. The highest BCUT2D eigenvalue weighted by Crippen LogP contribution is 2.25. The second-order valence-electron chi connectivity index (χ2n) is 5.17. The summed E-state index contributed by atoms with van der Waals surface area (Å²) in [6.45, 7) is 6.76. The smallest absolute Gasteiger partial charge is 0.0369 e. The van der Waals surface area contributed by atoms with Gasteiger partial charge in [-0.25, -0.2) is 0 Å². The van der Waals surface area contributed by atoms with Gasteiger partial charge < -0.3 is 10.2 Å². The van der Waals surface area contributed by atoms with E-state index in [0.29, 0.717) is 0 Å². The van der Waals surface area contributed by atoms with E-state index in [1.54, 1.807) is 0 Å². The summed E-state index contributed by atoms with van der Waals surface area (Å²) in [6.07, 6.45) is 2.54. The maximum Gasteiger partial charge on any atom is 0.0369 e. The summed E-state index contributed by atoms with van der Waals surface area (Å²) in [5.74, 6) is 0. The van der Waals surface area contributed by atoms with Crippen LogP contribution in [-0.4, -0.2) is 25.7 Å². The van der Waals surface area contributed by atoms with E-state index < -0.39 is 0 Å². The number of aryl methyl sites for hydroxylation is 1. The molecule has 0 aromatic heterocycles. The molecule has 88 valence electrons. The minimum Gasteiger partial charge on any atom is -0.370 e. The molecule has 16 heavy (non-hydrogen) atoms. The van der Waals surface area contributed by atoms with Gasteiger partial charge in [0.05, 0.1) is 0 Å². The van der Waals surface area contributed by atoms with Crippen molar-refractivity contribution in [3.8, 4) is 0 Å². The van der Waals surface area contributed by atoms with Gasteiger partial charge in [-0.05, 0) is 51.4 Å². The molecule has 2 rings (SSSR count). The first-order valence-corrected chi connectivity index (χ1v) is 6.13. The zero-order valence-electron chi connectivity index (χ0n) is 10.6. The Morgan fingerprint density at radius 3 is 2.88 bits per heavy atom. The molecule has 0 radical (unpaired) electrons. The number of likely N-dealkylation sites (N-methyl/N-ethyl adjacent to an activating group) is 1. The Balaban J connectivity index is 2.16. The maximum absolute atomic E-state index is 3.45. The Labute approximate surface area is 98.7 Å². The number of hydrogen-bond donors (Lipinski definition) is 1. The van der Waals surface area contributed by atoms with E-state index in [9.17, 15) is 0 Å². The van der Waals surface area contributed by atoms with E-state index in [2.05, 4.69) is 55.4 Å². The van der Waals surface area contributed by atoms with Crippen molar-refractivity contribution in [2.75, 3.05) is 25.0 Å². The number of nitrogens with one attached hydrogen (secondary N) is 1. The number of piperidine rings is 1. The van der Waals surface area contributed by atoms with E-state index in [0.717, 1.165) is 6.54 Å². The first-order valence-electron chi connectivity index (χ1n) is 6.13. The maximum atomic E-state index is 3.45. The lowest BCUT2D eigenvalue weighted by atomic mass is 9.91. The molecule has 2 heteroatoms. The van der Waals surface area contributed by atoms with Gasteiger partial charge in [0.2, 0.25) is 0 Å². The van der Waals surface area contributed by atoms with Crippen molar-refractivity contribution >= 4 is 5.69 Å². The lowest BCUT2D eigenvalue weighted by Crippen LogP contribution is -2.53. The largest absolute Gasteiger partial charge is 0.370 e. The van der Waals surface area contributed by atoms with Crippen molar-refractivity contribution in [1.82, 2.24) is 5.32 Å². The van der Waals surface area contributed by atoms with Gasteiger partial charge in [0, 0.05) is 24.3 Å². The first-order chi connectivity index (χ1) is 7.63. The van der Waals surface area contributed by atoms with E-state index >= 15 is 0 Å². The minimum absolute atomic E-state index is 0.266. The van der Waals surface area contributed by atoms with Crippen LogP contribution >= 0.6 is 0 Å². The summed E-state index contributed by atoms with van der Waals surface area (Å²) < 4.78 is 0. The van der Waals surface area contributed by atoms with Gasteiger partial charge in [0.1, 0.15) is 0 Å². The topological polar surface area (TPSA) is 15.3 Å². The van der Waals surface area contributed by atoms with Gasteiger partial charge in [-0.1, -0.05) is 12.1 Å². The highest BCUT2D eigenvalue weighted by molar-refractivity contribution is 5.49. The fraction of sp³-hybridized carbons (Fsp3) is 0.571. The summed E-state index contributed by atoms with van der Waals surface area (Å²) in [7, 11) is 2.07. The van der Waals surface area contributed by atoms with E-state index in [4.69, 9.17) is 0 Å². The van der Waals surface area contributed by atoms with E-state index in [1.807, 2.05) is 0 Å². The fourth-order valence-corrected chi connectivity index (χ4v) is 2.49. The summed E-state index contributed by atoms with van der Waals surface area (Å²) in [5, 5.41) is 3.45. The van der Waals surface area contributed by atoms with Crippen molar-refractivity contribution in [2.45, 2.75) is 32.2 Å². The van der Waals surface area contributed by atoms with Crippen molar-refractivity contribution < 1.29 is 0 Å². The van der Waals surface area contributed by atoms with E-state index in [1.165, 1.54) is 30.6 Å². The third kappa shape index (κ3) is 2.38. The van der Waals surface area contributed by atoms with Gasteiger partial charge in [0.25, 0.3) is 0 Å². The van der Waals surface area contributed by atoms with Gasteiger partial charge in [-0.15, -0.1) is 0 Å². The Bertz CT molecular complexity index is 362. The summed E-state index contributed by atoms with van der Waals surface area (Å²) in [5.41, 5.74) is 2.97. The molecule has 1 saturated heterocycles. The third-order valence-electron chi connectivity index (χ3n) is 3.67. The molecular weight excluding hydrogens is 196 g/mol. The zero-order valence-corrected chi connectivity index (χ0v) is 10.6. The summed E-state index contributed by atoms with van der Waals surface area (Å²) in [6, 6.07) is 8.80. The second kappa shape index (κ2) is 4.46. The van der Waals surface area contributed by atoms with Crippen LogP contribution < -0.4 is 10.2 Å². The van der Waals surface area contributed by atoms with Crippen LogP contribution in [0, 0.1) is 6.92 Å². The highest BCUT2D eigenvalue weighted by Gasteiger charge is 2.29. The van der Waals surface area contributed by atoms with Crippen molar-refractivity contribution in [1.29, 1.82) is 0 Å². The predicted molar refractivity (Wildman–Crippen MR) is 70.1 cm³/mol. The monoisotopic (exact) mass is 218 g/mol. The quantitative estimate of drug-likeness (QED) is 0.820. The molecule has 1 heterocycles. The number of benzene rings is 1. The molecule has 1 aromatic carbocycles. The van der Waals surface area contributed by atoms with Crippen LogP contribution in [0.3, 0.4) is 0 Å². The molecule has 1 N–H and O–H groups in total. The van der Waals surface area contributed by atoms with Crippen LogP contribution in [0.5, 0.6) is 0 Å². The Morgan fingerprint density at radius 2 is 2.19 bits per heavy atom. The average molecular weight is 218 g/mol. The molecule has 1 aliphatic heterocycles.